The van der Waals surface area contributed by atoms with Crippen LogP contribution in [0.3, 0.4) is 0 Å². The number of hydrogen-bond acceptors (Lipinski definition) is 1. The predicted molar refractivity (Wildman–Crippen MR) is 82.1 cm³/mol. The Labute approximate surface area is 128 Å². The zero-order chi connectivity index (χ0) is 14.3. The van der Waals surface area contributed by atoms with E-state index >= 15 is 0 Å². The number of halogens is 3. The van der Waals surface area contributed by atoms with Crippen LogP contribution in [0.15, 0.2) is 40.9 Å². The first-order chi connectivity index (χ1) is 9.54. The maximum atomic E-state index is 13.6. The van der Waals surface area contributed by atoms with Gasteiger partial charge in [0.2, 0.25) is 0 Å². The summed E-state index contributed by atoms with van der Waals surface area (Å²) in [6.07, 6.45) is 1.72. The molecule has 20 heavy (non-hydrogen) atoms. The van der Waals surface area contributed by atoms with E-state index in [1.807, 2.05) is 24.3 Å². The van der Waals surface area contributed by atoms with Gasteiger partial charge in [-0.2, -0.15) is 0 Å². The van der Waals surface area contributed by atoms with E-state index in [0.717, 1.165) is 10.0 Å². The Morgan fingerprint density at radius 1 is 1.25 bits per heavy atom. The van der Waals surface area contributed by atoms with Crippen molar-refractivity contribution >= 4 is 50.8 Å². The molecule has 0 radical (unpaired) electrons. The molecule has 2 nitrogen and oxygen atoms in total. The lowest BCUT2D eigenvalue weighted by molar-refractivity contribution is -0.110. The van der Waals surface area contributed by atoms with Gasteiger partial charge in [0.25, 0.3) is 5.91 Å². The molecule has 0 aliphatic carbocycles. The van der Waals surface area contributed by atoms with Crippen molar-refractivity contribution in [1.82, 2.24) is 0 Å². The second-order valence-electron chi connectivity index (χ2n) is 4.38. The maximum absolute atomic E-state index is 13.6. The number of amides is 1. The highest BCUT2D eigenvalue weighted by molar-refractivity contribution is 9.10. The summed E-state index contributed by atoms with van der Waals surface area (Å²) in [4.78, 5) is 12.0. The Bertz CT molecular complexity index is 758. The van der Waals surface area contributed by atoms with Crippen LogP contribution in [-0.4, -0.2) is 5.91 Å². The van der Waals surface area contributed by atoms with Gasteiger partial charge in [0.1, 0.15) is 5.82 Å². The lowest BCUT2D eigenvalue weighted by atomic mass is 10.0. The summed E-state index contributed by atoms with van der Waals surface area (Å²) in [7, 11) is 0. The molecule has 1 amide bonds. The normalized spacial score (nSPS) is 15.3. The molecule has 1 heterocycles. The molecule has 1 aliphatic rings. The van der Waals surface area contributed by atoms with Crippen LogP contribution in [0.5, 0.6) is 0 Å². The van der Waals surface area contributed by atoms with Crippen molar-refractivity contribution in [3.05, 3.63) is 62.8 Å². The lowest BCUT2D eigenvalue weighted by Gasteiger charge is -2.01. The highest BCUT2D eigenvalue weighted by Crippen LogP contribution is 2.36. The number of anilines is 1. The van der Waals surface area contributed by atoms with E-state index in [1.54, 1.807) is 6.08 Å². The van der Waals surface area contributed by atoms with E-state index in [-0.39, 0.29) is 10.9 Å². The fourth-order valence-corrected chi connectivity index (χ4v) is 2.67. The van der Waals surface area contributed by atoms with E-state index < -0.39 is 5.82 Å². The van der Waals surface area contributed by atoms with Gasteiger partial charge < -0.3 is 5.32 Å². The van der Waals surface area contributed by atoms with Gasteiger partial charge >= 0.3 is 0 Å². The molecule has 1 aliphatic heterocycles. The highest BCUT2D eigenvalue weighted by atomic mass is 79.9. The van der Waals surface area contributed by atoms with Gasteiger partial charge in [-0.25, -0.2) is 4.39 Å². The van der Waals surface area contributed by atoms with Crippen LogP contribution >= 0.6 is 27.5 Å². The number of hydrogen-bond donors (Lipinski definition) is 1. The van der Waals surface area contributed by atoms with Gasteiger partial charge in [0, 0.05) is 15.6 Å². The Kier molecular flexibility index (Phi) is 3.36. The maximum Gasteiger partial charge on any atom is 0.256 e. The molecular formula is C15H8BrClFNO. The number of carbonyl (C=O) groups is 1. The molecule has 1 N–H and O–H groups in total. The van der Waals surface area contributed by atoms with Gasteiger partial charge in [0.15, 0.2) is 0 Å². The van der Waals surface area contributed by atoms with Gasteiger partial charge in [0.05, 0.1) is 10.7 Å². The molecule has 0 unspecified atom stereocenters. The fourth-order valence-electron chi connectivity index (χ4n) is 2.09. The van der Waals surface area contributed by atoms with Crippen LogP contribution < -0.4 is 5.32 Å². The average molecular weight is 353 g/mol. The Balaban J connectivity index is 2.12. The van der Waals surface area contributed by atoms with Crippen molar-refractivity contribution in [2.24, 2.45) is 0 Å². The molecule has 3 rings (SSSR count). The van der Waals surface area contributed by atoms with Crippen LogP contribution in [0.4, 0.5) is 10.1 Å². The molecule has 0 spiro atoms. The van der Waals surface area contributed by atoms with Gasteiger partial charge in [-0.15, -0.1) is 0 Å². The third-order valence-corrected chi connectivity index (χ3v) is 3.79. The van der Waals surface area contributed by atoms with Crippen LogP contribution in [0.25, 0.3) is 11.6 Å². The van der Waals surface area contributed by atoms with E-state index in [4.69, 9.17) is 11.6 Å². The Morgan fingerprint density at radius 2 is 2.05 bits per heavy atom. The first kappa shape index (κ1) is 13.3. The zero-order valence-electron chi connectivity index (χ0n) is 10.1. The third-order valence-electron chi connectivity index (χ3n) is 3.00. The van der Waals surface area contributed by atoms with Crippen molar-refractivity contribution in [1.29, 1.82) is 0 Å². The Morgan fingerprint density at radius 3 is 2.80 bits per heavy atom. The quantitative estimate of drug-likeness (QED) is 0.738. The molecule has 0 saturated heterocycles. The molecule has 0 aromatic heterocycles. The van der Waals surface area contributed by atoms with Crippen LogP contribution in [0, 0.1) is 5.82 Å². The first-order valence-electron chi connectivity index (χ1n) is 5.82. The molecule has 0 saturated carbocycles. The standard InChI is InChI=1S/C15H8BrClFNO/c16-9-3-1-2-8(4-9)5-11-10-6-13(18)12(17)7-14(10)19-15(11)20/h1-7H,(H,19,20)/b11-5+. The Hall–Kier alpha value is -1.65. The van der Waals surface area contributed by atoms with E-state index in [1.165, 1.54) is 12.1 Å². The summed E-state index contributed by atoms with van der Waals surface area (Å²) in [5, 5.41) is 2.67. The van der Waals surface area contributed by atoms with Gasteiger partial charge in [-0.3, -0.25) is 4.79 Å². The largest absolute Gasteiger partial charge is 0.321 e. The molecule has 0 fully saturated rings. The highest BCUT2D eigenvalue weighted by Gasteiger charge is 2.25. The molecule has 2 aromatic rings. The number of rotatable bonds is 1. The second-order valence-corrected chi connectivity index (χ2v) is 5.70. The van der Waals surface area contributed by atoms with E-state index in [0.29, 0.717) is 16.8 Å². The van der Waals surface area contributed by atoms with Crippen molar-refractivity contribution < 1.29 is 9.18 Å². The topological polar surface area (TPSA) is 29.1 Å². The van der Waals surface area contributed by atoms with Crippen molar-refractivity contribution in [3.63, 3.8) is 0 Å². The lowest BCUT2D eigenvalue weighted by Crippen LogP contribution is -2.03. The number of carbonyl (C=O) groups excluding carboxylic acids is 1. The minimum absolute atomic E-state index is 0.00671. The van der Waals surface area contributed by atoms with E-state index in [9.17, 15) is 9.18 Å². The number of nitrogens with one attached hydrogen (secondary N) is 1. The van der Waals surface area contributed by atoms with Gasteiger partial charge in [-0.05, 0) is 35.9 Å². The smallest absolute Gasteiger partial charge is 0.256 e. The van der Waals surface area contributed by atoms with Crippen LogP contribution in [0.2, 0.25) is 5.02 Å². The molecule has 100 valence electrons. The predicted octanol–water partition coefficient (Wildman–Crippen LogP) is 4.73. The summed E-state index contributed by atoms with van der Waals surface area (Å²) in [5.74, 6) is -0.802. The monoisotopic (exact) mass is 351 g/mol. The summed E-state index contributed by atoms with van der Waals surface area (Å²) in [6.45, 7) is 0. The van der Waals surface area contributed by atoms with Crippen LogP contribution in [-0.2, 0) is 4.79 Å². The summed E-state index contributed by atoms with van der Waals surface area (Å²) in [6, 6.07) is 10.2. The summed E-state index contributed by atoms with van der Waals surface area (Å²) < 4.78 is 14.5. The van der Waals surface area contributed by atoms with Crippen molar-refractivity contribution in [2.75, 3.05) is 5.32 Å². The van der Waals surface area contributed by atoms with Crippen LogP contribution in [0.1, 0.15) is 11.1 Å². The first-order valence-corrected chi connectivity index (χ1v) is 7.00. The summed E-state index contributed by atoms with van der Waals surface area (Å²) in [5.41, 5.74) is 2.33. The minimum atomic E-state index is -0.540. The summed E-state index contributed by atoms with van der Waals surface area (Å²) >= 11 is 9.09. The number of fused-ring (bicyclic) bond motifs is 1. The molecular weight excluding hydrogens is 345 g/mol. The molecule has 0 bridgehead atoms. The average Bonchev–Trinajstić information content (AvgIpc) is 2.67. The van der Waals surface area contributed by atoms with E-state index in [2.05, 4.69) is 21.2 Å². The molecule has 2 aromatic carbocycles. The fraction of sp³-hybridized carbons (Fsp3) is 0. The second kappa shape index (κ2) is 5.04. The van der Waals surface area contributed by atoms with Crippen molar-refractivity contribution in [2.45, 2.75) is 0 Å². The molecule has 0 atom stereocenters. The minimum Gasteiger partial charge on any atom is -0.321 e. The third kappa shape index (κ3) is 2.37. The molecule has 5 heteroatoms. The number of benzene rings is 2. The van der Waals surface area contributed by atoms with Crippen molar-refractivity contribution in [3.8, 4) is 0 Å². The zero-order valence-corrected chi connectivity index (χ0v) is 12.4. The van der Waals surface area contributed by atoms with Gasteiger partial charge in [-0.1, -0.05) is 39.7 Å². The SMILES string of the molecule is O=C1Nc2cc(Cl)c(F)cc2/C1=C\c1cccc(Br)c1.